The van der Waals surface area contributed by atoms with Crippen molar-refractivity contribution in [1.29, 1.82) is 0 Å². The van der Waals surface area contributed by atoms with Crippen LogP contribution < -0.4 is 0 Å². The zero-order valence-corrected chi connectivity index (χ0v) is 16.9. The second-order valence-corrected chi connectivity index (χ2v) is 8.45. The highest BCUT2D eigenvalue weighted by Crippen LogP contribution is 2.24. The summed E-state index contributed by atoms with van der Waals surface area (Å²) >= 11 is 0. The van der Waals surface area contributed by atoms with E-state index in [9.17, 15) is 8.42 Å². The summed E-state index contributed by atoms with van der Waals surface area (Å²) in [4.78, 5) is 6.70. The fourth-order valence-corrected chi connectivity index (χ4v) is 4.90. The number of nitrogens with zero attached hydrogens (tertiary/aromatic N) is 5. The molecule has 0 saturated carbocycles. The molecule has 1 aromatic heterocycles. The van der Waals surface area contributed by atoms with E-state index in [1.54, 1.807) is 4.31 Å². The van der Waals surface area contributed by atoms with E-state index in [2.05, 4.69) is 15.0 Å². The van der Waals surface area contributed by atoms with Gasteiger partial charge in [0, 0.05) is 44.8 Å². The Balaban J connectivity index is 1.64. The molecule has 1 fully saturated rings. The zero-order valence-electron chi connectivity index (χ0n) is 16.1. The molecular formula is C18H27N5O3S. The molecule has 0 bridgehead atoms. The third kappa shape index (κ3) is 4.21. The Morgan fingerprint density at radius 2 is 1.74 bits per heavy atom. The van der Waals surface area contributed by atoms with E-state index in [1.807, 2.05) is 51.1 Å². The van der Waals surface area contributed by atoms with Gasteiger partial charge in [0.15, 0.2) is 0 Å². The summed E-state index contributed by atoms with van der Waals surface area (Å²) in [6.45, 7) is 8.88. The van der Waals surface area contributed by atoms with Gasteiger partial charge in [0.2, 0.25) is 11.7 Å². The molecule has 1 unspecified atom stereocenters. The monoisotopic (exact) mass is 393 g/mol. The maximum Gasteiger partial charge on any atom is 0.282 e. The summed E-state index contributed by atoms with van der Waals surface area (Å²) in [5.41, 5.74) is 0.912. The van der Waals surface area contributed by atoms with Gasteiger partial charge in [0.1, 0.15) is 0 Å². The van der Waals surface area contributed by atoms with Crippen LogP contribution in [0.2, 0.25) is 0 Å². The molecule has 1 saturated heterocycles. The number of rotatable bonds is 7. The first-order valence-corrected chi connectivity index (χ1v) is 10.7. The lowest BCUT2D eigenvalue weighted by molar-refractivity contribution is 0.121. The van der Waals surface area contributed by atoms with Crippen LogP contribution in [0.25, 0.3) is 11.4 Å². The van der Waals surface area contributed by atoms with Crippen molar-refractivity contribution in [2.24, 2.45) is 0 Å². The standard InChI is InChI=1S/C18H27N5O3S/c1-4-22(5-2)27(24,25)23-13-11-21(12-14-23)15(3)18-19-17(20-26-18)16-9-7-6-8-10-16/h6-10,15H,4-5,11-14H2,1-3H3. The van der Waals surface area contributed by atoms with Crippen molar-refractivity contribution in [3.05, 3.63) is 36.2 Å². The van der Waals surface area contributed by atoms with Gasteiger partial charge in [0.25, 0.3) is 10.2 Å². The van der Waals surface area contributed by atoms with Crippen LogP contribution in [-0.2, 0) is 10.2 Å². The number of piperazine rings is 1. The molecule has 1 aliphatic heterocycles. The average Bonchev–Trinajstić information content (AvgIpc) is 3.19. The average molecular weight is 394 g/mol. The molecule has 0 amide bonds. The van der Waals surface area contributed by atoms with Crippen LogP contribution in [0.1, 0.15) is 32.7 Å². The molecule has 1 aliphatic rings. The molecule has 0 spiro atoms. The van der Waals surface area contributed by atoms with Gasteiger partial charge < -0.3 is 4.52 Å². The minimum atomic E-state index is -3.38. The van der Waals surface area contributed by atoms with Crippen molar-refractivity contribution in [3.8, 4) is 11.4 Å². The summed E-state index contributed by atoms with van der Waals surface area (Å²) in [6.07, 6.45) is 0. The molecule has 148 valence electrons. The van der Waals surface area contributed by atoms with E-state index < -0.39 is 10.2 Å². The largest absolute Gasteiger partial charge is 0.337 e. The molecule has 0 aliphatic carbocycles. The Labute approximate surface area is 160 Å². The molecule has 1 atom stereocenters. The van der Waals surface area contributed by atoms with Crippen molar-refractivity contribution in [1.82, 2.24) is 23.7 Å². The fourth-order valence-electron chi connectivity index (χ4n) is 3.30. The second-order valence-electron chi connectivity index (χ2n) is 6.53. The molecule has 27 heavy (non-hydrogen) atoms. The predicted molar refractivity (Wildman–Crippen MR) is 103 cm³/mol. The normalized spacial score (nSPS) is 18.1. The van der Waals surface area contributed by atoms with Crippen LogP contribution in [0.4, 0.5) is 0 Å². The van der Waals surface area contributed by atoms with Gasteiger partial charge in [-0.1, -0.05) is 49.3 Å². The highest BCUT2D eigenvalue weighted by atomic mass is 32.2. The van der Waals surface area contributed by atoms with Gasteiger partial charge in [0.05, 0.1) is 6.04 Å². The van der Waals surface area contributed by atoms with Gasteiger partial charge in [-0.15, -0.1) is 0 Å². The van der Waals surface area contributed by atoms with E-state index in [0.717, 1.165) is 5.56 Å². The summed E-state index contributed by atoms with van der Waals surface area (Å²) in [7, 11) is -3.38. The maximum absolute atomic E-state index is 12.6. The van der Waals surface area contributed by atoms with Crippen LogP contribution in [-0.4, -0.2) is 71.3 Å². The highest BCUT2D eigenvalue weighted by Gasteiger charge is 2.33. The van der Waals surface area contributed by atoms with Crippen molar-refractivity contribution in [3.63, 3.8) is 0 Å². The van der Waals surface area contributed by atoms with Crippen LogP contribution in [0.5, 0.6) is 0 Å². The minimum Gasteiger partial charge on any atom is -0.337 e. The van der Waals surface area contributed by atoms with E-state index in [4.69, 9.17) is 4.52 Å². The first-order valence-electron chi connectivity index (χ1n) is 9.35. The lowest BCUT2D eigenvalue weighted by Gasteiger charge is -2.37. The maximum atomic E-state index is 12.6. The van der Waals surface area contributed by atoms with Crippen molar-refractivity contribution in [2.45, 2.75) is 26.8 Å². The lowest BCUT2D eigenvalue weighted by Crippen LogP contribution is -2.53. The minimum absolute atomic E-state index is 0.0618. The van der Waals surface area contributed by atoms with Crippen LogP contribution in [0, 0.1) is 0 Å². The Bertz CT molecular complexity index is 828. The van der Waals surface area contributed by atoms with Gasteiger partial charge in [-0.3, -0.25) is 4.90 Å². The molecule has 0 N–H and O–H groups in total. The van der Waals surface area contributed by atoms with Crippen molar-refractivity contribution in [2.75, 3.05) is 39.3 Å². The molecule has 1 aromatic carbocycles. The number of aromatic nitrogens is 2. The van der Waals surface area contributed by atoms with Gasteiger partial charge in [-0.2, -0.15) is 22.0 Å². The van der Waals surface area contributed by atoms with E-state index in [1.165, 1.54) is 4.31 Å². The molecular weight excluding hydrogens is 366 g/mol. The Hall–Kier alpha value is -1.81. The topological polar surface area (TPSA) is 82.8 Å². The Morgan fingerprint density at radius 3 is 2.33 bits per heavy atom. The van der Waals surface area contributed by atoms with Gasteiger partial charge in [-0.05, 0) is 6.92 Å². The van der Waals surface area contributed by atoms with E-state index >= 15 is 0 Å². The smallest absolute Gasteiger partial charge is 0.282 e. The summed E-state index contributed by atoms with van der Waals surface area (Å²) < 4.78 is 33.8. The molecule has 9 heteroatoms. The first-order chi connectivity index (χ1) is 13.0. The van der Waals surface area contributed by atoms with E-state index in [0.29, 0.717) is 51.0 Å². The second kappa shape index (κ2) is 8.47. The molecule has 3 rings (SSSR count). The van der Waals surface area contributed by atoms with Gasteiger partial charge in [-0.25, -0.2) is 0 Å². The fraction of sp³-hybridized carbons (Fsp3) is 0.556. The highest BCUT2D eigenvalue weighted by molar-refractivity contribution is 7.86. The predicted octanol–water partition coefficient (Wildman–Crippen LogP) is 2.00. The number of hydrogen-bond donors (Lipinski definition) is 0. The Morgan fingerprint density at radius 1 is 1.11 bits per heavy atom. The SMILES string of the molecule is CCN(CC)S(=O)(=O)N1CCN(C(C)c2nc(-c3ccccc3)no2)CC1. The third-order valence-corrected chi connectivity index (χ3v) is 7.20. The number of hydrogen-bond acceptors (Lipinski definition) is 6. The van der Waals surface area contributed by atoms with Crippen molar-refractivity contribution >= 4 is 10.2 Å². The molecule has 2 aromatic rings. The zero-order chi connectivity index (χ0) is 19.4. The van der Waals surface area contributed by atoms with Crippen LogP contribution in [0.3, 0.4) is 0 Å². The molecule has 2 heterocycles. The third-order valence-electron chi connectivity index (χ3n) is 5.01. The first kappa shape index (κ1) is 19.9. The van der Waals surface area contributed by atoms with Crippen LogP contribution in [0.15, 0.2) is 34.9 Å². The summed E-state index contributed by atoms with van der Waals surface area (Å²) in [5, 5.41) is 4.08. The lowest BCUT2D eigenvalue weighted by atomic mass is 10.2. The van der Waals surface area contributed by atoms with E-state index in [-0.39, 0.29) is 6.04 Å². The summed E-state index contributed by atoms with van der Waals surface area (Å²) in [5.74, 6) is 1.12. The van der Waals surface area contributed by atoms with Gasteiger partial charge >= 0.3 is 0 Å². The summed E-state index contributed by atoms with van der Waals surface area (Å²) in [6, 6.07) is 9.63. The number of benzene rings is 1. The van der Waals surface area contributed by atoms with Crippen LogP contribution >= 0.6 is 0 Å². The Kier molecular flexibility index (Phi) is 6.25. The van der Waals surface area contributed by atoms with Crippen molar-refractivity contribution < 1.29 is 12.9 Å². The molecule has 0 radical (unpaired) electrons. The quantitative estimate of drug-likeness (QED) is 0.716. The molecule has 8 nitrogen and oxygen atoms in total.